The number of alkyl halides is 2. The van der Waals surface area contributed by atoms with Crippen molar-refractivity contribution in [3.05, 3.63) is 5.82 Å². The highest BCUT2D eigenvalue weighted by Crippen LogP contribution is 1.97. The van der Waals surface area contributed by atoms with Gasteiger partial charge in [-0.05, 0) is 10.4 Å². The van der Waals surface area contributed by atoms with E-state index in [9.17, 15) is 13.6 Å². The van der Waals surface area contributed by atoms with Gasteiger partial charge in [0.05, 0.1) is 0 Å². The smallest absolute Gasteiger partial charge is 0.258 e. The summed E-state index contributed by atoms with van der Waals surface area (Å²) in [6.45, 7) is -0.652. The molecule has 11 heavy (non-hydrogen) atoms. The first-order valence-corrected chi connectivity index (χ1v) is 2.73. The van der Waals surface area contributed by atoms with Gasteiger partial charge in [-0.2, -0.15) is 0 Å². The number of carbonyl (C=O) groups is 1. The lowest BCUT2D eigenvalue weighted by Gasteiger charge is -1.96. The summed E-state index contributed by atoms with van der Waals surface area (Å²) >= 11 is 0. The summed E-state index contributed by atoms with van der Waals surface area (Å²) < 4.78 is 24.1. The molecule has 0 saturated heterocycles. The molecule has 0 unspecified atom stereocenters. The van der Waals surface area contributed by atoms with Crippen LogP contribution in [0, 0.1) is 0 Å². The topological polar surface area (TPSA) is 60.7 Å². The van der Waals surface area contributed by atoms with Crippen molar-refractivity contribution in [1.29, 1.82) is 0 Å². The Labute approximate surface area is 60.0 Å². The molecule has 0 amide bonds. The van der Waals surface area contributed by atoms with E-state index in [0.717, 1.165) is 4.68 Å². The van der Waals surface area contributed by atoms with Gasteiger partial charge in [-0.1, -0.05) is 0 Å². The molecular weight excluding hydrogens is 158 g/mol. The van der Waals surface area contributed by atoms with Gasteiger partial charge in [0.25, 0.3) is 6.43 Å². The average Bonchev–Trinajstić information content (AvgIpc) is 2.34. The third-order valence-corrected chi connectivity index (χ3v) is 0.976. The van der Waals surface area contributed by atoms with Crippen molar-refractivity contribution < 1.29 is 13.6 Å². The highest BCUT2D eigenvalue weighted by atomic mass is 19.3. The molecular formula is C4H4F2N4O. The van der Waals surface area contributed by atoms with Crippen molar-refractivity contribution in [1.82, 2.24) is 20.2 Å². The molecule has 1 aromatic rings. The fourth-order valence-corrected chi connectivity index (χ4v) is 0.557. The fraction of sp³-hybridized carbons (Fsp3) is 0.500. The highest BCUT2D eigenvalue weighted by molar-refractivity contribution is 5.68. The number of halogens is 2. The lowest BCUT2D eigenvalue weighted by Crippen LogP contribution is -2.11. The van der Waals surface area contributed by atoms with Crippen molar-refractivity contribution in [3.8, 4) is 0 Å². The summed E-state index contributed by atoms with van der Waals surface area (Å²) in [7, 11) is 0. The Balaban J connectivity index is 2.76. The summed E-state index contributed by atoms with van der Waals surface area (Å²) in [5.41, 5.74) is 0. The van der Waals surface area contributed by atoms with E-state index in [2.05, 4.69) is 15.5 Å². The Hall–Kier alpha value is -1.40. The zero-order valence-corrected chi connectivity index (χ0v) is 5.31. The van der Waals surface area contributed by atoms with Crippen molar-refractivity contribution in [2.45, 2.75) is 13.0 Å². The summed E-state index contributed by atoms with van der Waals surface area (Å²) in [6, 6.07) is 0. The second-order valence-electron chi connectivity index (χ2n) is 1.73. The number of tetrazole rings is 1. The molecule has 1 aromatic heterocycles. The zero-order valence-electron chi connectivity index (χ0n) is 5.31. The average molecular weight is 162 g/mol. The van der Waals surface area contributed by atoms with E-state index in [-0.39, 0.29) is 5.82 Å². The first-order valence-electron chi connectivity index (χ1n) is 2.73. The van der Waals surface area contributed by atoms with Crippen LogP contribution < -0.4 is 0 Å². The Kier molecular flexibility index (Phi) is 2.19. The van der Waals surface area contributed by atoms with Gasteiger partial charge in [0.15, 0.2) is 6.29 Å². The number of rotatable bonds is 3. The number of hydrogen-bond donors (Lipinski definition) is 0. The number of nitrogens with zero attached hydrogens (tertiary/aromatic N) is 4. The van der Waals surface area contributed by atoms with Crippen LogP contribution in [-0.2, 0) is 6.54 Å². The van der Waals surface area contributed by atoms with Crippen molar-refractivity contribution in [2.24, 2.45) is 0 Å². The Morgan fingerprint density at radius 3 is 2.91 bits per heavy atom. The molecule has 0 aliphatic carbocycles. The minimum Gasteiger partial charge on any atom is -0.294 e. The van der Waals surface area contributed by atoms with Crippen LogP contribution in [0.4, 0.5) is 8.78 Å². The number of carbonyl (C=O) groups excluding carboxylic acids is 1. The molecule has 0 aliphatic rings. The standard InChI is InChI=1S/C4H4F2N4O/c5-3(6)1-10-4(2-11)7-8-9-10/h2-3H,1H2. The minimum absolute atomic E-state index is 0.190. The maximum absolute atomic E-state index is 11.7. The van der Waals surface area contributed by atoms with E-state index in [0.29, 0.717) is 6.29 Å². The molecule has 0 aliphatic heterocycles. The van der Waals surface area contributed by atoms with Gasteiger partial charge in [0, 0.05) is 0 Å². The monoisotopic (exact) mass is 162 g/mol. The summed E-state index contributed by atoms with van der Waals surface area (Å²) in [4.78, 5) is 10.1. The Morgan fingerprint density at radius 2 is 2.36 bits per heavy atom. The molecule has 0 atom stereocenters. The van der Waals surface area contributed by atoms with Gasteiger partial charge in [-0.3, -0.25) is 4.79 Å². The zero-order chi connectivity index (χ0) is 8.27. The second-order valence-corrected chi connectivity index (χ2v) is 1.73. The van der Waals surface area contributed by atoms with Gasteiger partial charge in [-0.25, -0.2) is 13.5 Å². The maximum atomic E-state index is 11.7. The lowest BCUT2D eigenvalue weighted by molar-refractivity contribution is 0.107. The largest absolute Gasteiger partial charge is 0.294 e. The lowest BCUT2D eigenvalue weighted by atomic mass is 10.6. The van der Waals surface area contributed by atoms with Gasteiger partial charge in [0.2, 0.25) is 5.82 Å². The number of aromatic nitrogens is 4. The quantitative estimate of drug-likeness (QED) is 0.575. The summed E-state index contributed by atoms with van der Waals surface area (Å²) in [6.07, 6.45) is -2.24. The van der Waals surface area contributed by atoms with Gasteiger partial charge in [0.1, 0.15) is 6.54 Å². The molecule has 0 aromatic carbocycles. The Morgan fingerprint density at radius 1 is 1.64 bits per heavy atom. The summed E-state index contributed by atoms with van der Waals surface area (Å²) in [5.74, 6) is -0.190. The van der Waals surface area contributed by atoms with E-state index in [1.807, 2.05) is 0 Å². The summed E-state index contributed by atoms with van der Waals surface area (Å²) in [5, 5.41) is 9.40. The van der Waals surface area contributed by atoms with E-state index in [1.54, 1.807) is 0 Å². The minimum atomic E-state index is -2.56. The van der Waals surface area contributed by atoms with Crippen molar-refractivity contribution in [3.63, 3.8) is 0 Å². The van der Waals surface area contributed by atoms with Crippen LogP contribution in [0.15, 0.2) is 0 Å². The van der Waals surface area contributed by atoms with E-state index in [4.69, 9.17) is 0 Å². The van der Waals surface area contributed by atoms with Crippen LogP contribution in [0.5, 0.6) is 0 Å². The molecule has 5 nitrogen and oxygen atoms in total. The van der Waals surface area contributed by atoms with Crippen LogP contribution >= 0.6 is 0 Å². The molecule has 0 spiro atoms. The third kappa shape index (κ3) is 1.76. The molecule has 0 N–H and O–H groups in total. The molecule has 0 saturated carbocycles. The highest BCUT2D eigenvalue weighted by Gasteiger charge is 2.09. The molecule has 1 rings (SSSR count). The first kappa shape index (κ1) is 7.70. The number of aldehydes is 1. The Bertz CT molecular complexity index is 248. The van der Waals surface area contributed by atoms with Crippen LogP contribution in [0.3, 0.4) is 0 Å². The van der Waals surface area contributed by atoms with Gasteiger partial charge >= 0.3 is 0 Å². The normalized spacial score (nSPS) is 10.5. The van der Waals surface area contributed by atoms with E-state index < -0.39 is 13.0 Å². The predicted molar refractivity (Wildman–Crippen MR) is 29.2 cm³/mol. The van der Waals surface area contributed by atoms with Crippen LogP contribution in [0.25, 0.3) is 0 Å². The molecule has 1 heterocycles. The first-order chi connectivity index (χ1) is 5.24. The van der Waals surface area contributed by atoms with Crippen molar-refractivity contribution in [2.75, 3.05) is 0 Å². The maximum Gasteiger partial charge on any atom is 0.258 e. The van der Waals surface area contributed by atoms with Gasteiger partial charge in [-0.15, -0.1) is 5.10 Å². The number of hydrogen-bond acceptors (Lipinski definition) is 4. The van der Waals surface area contributed by atoms with Gasteiger partial charge < -0.3 is 0 Å². The van der Waals surface area contributed by atoms with E-state index >= 15 is 0 Å². The molecule has 0 radical (unpaired) electrons. The SMILES string of the molecule is O=Cc1nnnn1CC(F)F. The molecule has 60 valence electrons. The predicted octanol–water partition coefficient (Wildman–Crippen LogP) is -0.249. The van der Waals surface area contributed by atoms with Crippen LogP contribution in [0.1, 0.15) is 10.6 Å². The van der Waals surface area contributed by atoms with E-state index in [1.165, 1.54) is 0 Å². The molecule has 0 fully saturated rings. The molecule has 0 bridgehead atoms. The van der Waals surface area contributed by atoms with Crippen LogP contribution in [-0.4, -0.2) is 32.9 Å². The molecule has 7 heteroatoms. The fourth-order valence-electron chi connectivity index (χ4n) is 0.557. The van der Waals surface area contributed by atoms with Crippen molar-refractivity contribution >= 4 is 6.29 Å². The second kappa shape index (κ2) is 3.13. The third-order valence-electron chi connectivity index (χ3n) is 0.976. The van der Waals surface area contributed by atoms with Crippen LogP contribution in [0.2, 0.25) is 0 Å².